The molecule has 2 heterocycles. The number of hydrogen-bond donors (Lipinski definition) is 3. The number of benzene rings is 3. The van der Waals surface area contributed by atoms with Crippen LogP contribution < -0.4 is 10.6 Å². The summed E-state index contributed by atoms with van der Waals surface area (Å²) in [5, 5.41) is 15.0. The Morgan fingerprint density at radius 3 is 2.54 bits per heavy atom. The van der Waals surface area contributed by atoms with E-state index in [2.05, 4.69) is 25.8 Å². The number of rotatable bonds is 7. The summed E-state index contributed by atoms with van der Waals surface area (Å²) in [6.45, 7) is 1.98. The highest BCUT2D eigenvalue weighted by Gasteiger charge is 2.15. The van der Waals surface area contributed by atoms with E-state index in [9.17, 15) is 4.79 Å². The lowest BCUT2D eigenvalue weighted by molar-refractivity contribution is 0.0940. The van der Waals surface area contributed by atoms with Crippen LogP contribution in [0.15, 0.2) is 97.2 Å². The molecule has 6 nitrogen and oxygen atoms in total. The van der Waals surface area contributed by atoms with Gasteiger partial charge in [-0.2, -0.15) is 5.10 Å². The van der Waals surface area contributed by atoms with Gasteiger partial charge < -0.3 is 10.6 Å². The number of para-hydroxylation sites is 1. The lowest BCUT2D eigenvalue weighted by Gasteiger charge is -2.17. The molecule has 0 radical (unpaired) electrons. The van der Waals surface area contributed by atoms with E-state index in [1.165, 1.54) is 0 Å². The van der Waals surface area contributed by atoms with Crippen LogP contribution in [0.2, 0.25) is 0 Å². The molecule has 1 amide bonds. The van der Waals surface area contributed by atoms with Gasteiger partial charge >= 0.3 is 0 Å². The van der Waals surface area contributed by atoms with Crippen molar-refractivity contribution < 1.29 is 4.79 Å². The molecule has 0 bridgehead atoms. The van der Waals surface area contributed by atoms with Crippen LogP contribution in [0.4, 0.5) is 11.4 Å². The molecular formula is C29H25N5O. The monoisotopic (exact) mass is 459 g/mol. The summed E-state index contributed by atoms with van der Waals surface area (Å²) >= 11 is 0. The smallest absolute Gasteiger partial charge is 0.253 e. The highest BCUT2D eigenvalue weighted by atomic mass is 16.1. The Balaban J connectivity index is 1.34. The summed E-state index contributed by atoms with van der Waals surface area (Å²) in [4.78, 5) is 17.4. The third kappa shape index (κ3) is 5.12. The van der Waals surface area contributed by atoms with Gasteiger partial charge in [0.15, 0.2) is 0 Å². The number of hydrogen-bond acceptors (Lipinski definition) is 4. The molecule has 0 aliphatic carbocycles. The minimum Gasteiger partial charge on any atom is -0.355 e. The van der Waals surface area contributed by atoms with Gasteiger partial charge in [0.2, 0.25) is 0 Å². The highest BCUT2D eigenvalue weighted by molar-refractivity contribution is 6.01. The normalized spacial score (nSPS) is 12.0. The van der Waals surface area contributed by atoms with Gasteiger partial charge in [-0.05, 0) is 67.1 Å². The van der Waals surface area contributed by atoms with Crippen molar-refractivity contribution in [3.63, 3.8) is 0 Å². The van der Waals surface area contributed by atoms with Crippen molar-refractivity contribution in [3.05, 3.63) is 120 Å². The van der Waals surface area contributed by atoms with E-state index in [0.29, 0.717) is 5.56 Å². The zero-order valence-electron chi connectivity index (χ0n) is 19.3. The van der Waals surface area contributed by atoms with E-state index in [-0.39, 0.29) is 11.9 Å². The Bertz CT molecular complexity index is 1480. The predicted octanol–water partition coefficient (Wildman–Crippen LogP) is 6.36. The second-order valence-corrected chi connectivity index (χ2v) is 8.23. The fourth-order valence-electron chi connectivity index (χ4n) is 3.93. The number of H-pyrrole nitrogens is 1. The van der Waals surface area contributed by atoms with Crippen molar-refractivity contribution in [3.8, 4) is 0 Å². The molecular weight excluding hydrogens is 434 g/mol. The van der Waals surface area contributed by atoms with E-state index in [1.807, 2.05) is 110 Å². The average molecular weight is 460 g/mol. The van der Waals surface area contributed by atoms with Gasteiger partial charge in [0, 0.05) is 17.3 Å². The molecule has 5 rings (SSSR count). The molecule has 0 aliphatic rings. The first-order valence-electron chi connectivity index (χ1n) is 11.5. The molecule has 172 valence electrons. The number of aromatic amines is 1. The SMILES string of the molecule is CC(NC(=O)c1ccccc1Nc1ccc2c(/C=C/c3ccccn3)n[nH]c2c1)c1ccccc1. The van der Waals surface area contributed by atoms with E-state index in [0.717, 1.165) is 39.2 Å². The first-order valence-corrected chi connectivity index (χ1v) is 11.5. The van der Waals surface area contributed by atoms with Gasteiger partial charge in [0.25, 0.3) is 5.91 Å². The van der Waals surface area contributed by atoms with Crippen molar-refractivity contribution >= 4 is 40.3 Å². The van der Waals surface area contributed by atoms with Crippen LogP contribution in [0, 0.1) is 0 Å². The molecule has 0 fully saturated rings. The minimum atomic E-state index is -0.131. The zero-order chi connectivity index (χ0) is 24.0. The fourth-order valence-corrected chi connectivity index (χ4v) is 3.93. The first kappa shape index (κ1) is 22.1. The van der Waals surface area contributed by atoms with Crippen molar-refractivity contribution in [2.45, 2.75) is 13.0 Å². The van der Waals surface area contributed by atoms with Crippen LogP contribution in [0.1, 0.15) is 40.3 Å². The number of fused-ring (bicyclic) bond motifs is 1. The van der Waals surface area contributed by atoms with Crippen molar-refractivity contribution in [2.75, 3.05) is 5.32 Å². The molecule has 6 heteroatoms. The summed E-state index contributed by atoms with van der Waals surface area (Å²) in [6, 6.07) is 29.1. The summed E-state index contributed by atoms with van der Waals surface area (Å²) in [6.07, 6.45) is 5.65. The van der Waals surface area contributed by atoms with Crippen LogP contribution in [-0.4, -0.2) is 21.1 Å². The summed E-state index contributed by atoms with van der Waals surface area (Å²) < 4.78 is 0. The van der Waals surface area contributed by atoms with Gasteiger partial charge in [-0.15, -0.1) is 0 Å². The number of nitrogens with zero attached hydrogens (tertiary/aromatic N) is 2. The summed E-state index contributed by atoms with van der Waals surface area (Å²) in [5.74, 6) is -0.131. The summed E-state index contributed by atoms with van der Waals surface area (Å²) in [7, 11) is 0. The van der Waals surface area contributed by atoms with Crippen LogP contribution in [-0.2, 0) is 0 Å². The topological polar surface area (TPSA) is 82.7 Å². The number of pyridine rings is 1. The third-order valence-corrected chi connectivity index (χ3v) is 5.79. The van der Waals surface area contributed by atoms with Crippen molar-refractivity contribution in [1.29, 1.82) is 0 Å². The molecule has 5 aromatic rings. The molecule has 0 saturated heterocycles. The van der Waals surface area contributed by atoms with Crippen LogP contribution in [0.25, 0.3) is 23.1 Å². The predicted molar refractivity (Wildman–Crippen MR) is 141 cm³/mol. The lowest BCUT2D eigenvalue weighted by atomic mass is 10.1. The van der Waals surface area contributed by atoms with Gasteiger partial charge in [0.1, 0.15) is 0 Å². The molecule has 0 spiro atoms. The number of carbonyl (C=O) groups is 1. The molecule has 0 aliphatic heterocycles. The Morgan fingerprint density at radius 2 is 1.71 bits per heavy atom. The molecule has 2 aromatic heterocycles. The standard InChI is InChI=1S/C29H25N5O/c1-20(21-9-3-2-4-10-21)31-29(35)25-12-5-6-13-26(25)32-23-14-16-24-27(33-34-28(24)19-23)17-15-22-11-7-8-18-30-22/h2-20,32H,1H3,(H,31,35)(H,33,34)/b17-15+. The van der Waals surface area contributed by atoms with E-state index >= 15 is 0 Å². The average Bonchev–Trinajstić information content (AvgIpc) is 3.31. The van der Waals surface area contributed by atoms with E-state index < -0.39 is 0 Å². The highest BCUT2D eigenvalue weighted by Crippen LogP contribution is 2.26. The molecule has 0 saturated carbocycles. The Labute approximate surface area is 203 Å². The number of carbonyl (C=O) groups excluding carboxylic acids is 1. The Kier molecular flexibility index (Phi) is 6.35. The summed E-state index contributed by atoms with van der Waals surface area (Å²) in [5.41, 5.74) is 5.85. The number of aromatic nitrogens is 3. The van der Waals surface area contributed by atoms with Crippen LogP contribution in [0.3, 0.4) is 0 Å². The minimum absolute atomic E-state index is 0.101. The largest absolute Gasteiger partial charge is 0.355 e. The van der Waals surface area contributed by atoms with Crippen LogP contribution >= 0.6 is 0 Å². The van der Waals surface area contributed by atoms with Gasteiger partial charge in [0.05, 0.1) is 34.2 Å². The van der Waals surface area contributed by atoms with Crippen molar-refractivity contribution in [2.24, 2.45) is 0 Å². The van der Waals surface area contributed by atoms with Gasteiger partial charge in [-0.3, -0.25) is 14.9 Å². The van der Waals surface area contributed by atoms with E-state index in [4.69, 9.17) is 0 Å². The number of amides is 1. The Hall–Kier alpha value is -4.71. The third-order valence-electron chi connectivity index (χ3n) is 5.79. The molecule has 3 N–H and O–H groups in total. The van der Waals surface area contributed by atoms with E-state index in [1.54, 1.807) is 6.20 Å². The zero-order valence-corrected chi connectivity index (χ0v) is 19.3. The first-order chi connectivity index (χ1) is 17.2. The molecule has 1 atom stereocenters. The van der Waals surface area contributed by atoms with Crippen LogP contribution in [0.5, 0.6) is 0 Å². The maximum atomic E-state index is 13.1. The molecule has 35 heavy (non-hydrogen) atoms. The maximum absolute atomic E-state index is 13.1. The van der Waals surface area contributed by atoms with Gasteiger partial charge in [-0.25, -0.2) is 0 Å². The molecule has 3 aromatic carbocycles. The lowest BCUT2D eigenvalue weighted by Crippen LogP contribution is -2.27. The number of nitrogens with one attached hydrogen (secondary N) is 3. The Morgan fingerprint density at radius 1 is 0.914 bits per heavy atom. The number of anilines is 2. The second kappa shape index (κ2) is 10.1. The van der Waals surface area contributed by atoms with Crippen molar-refractivity contribution in [1.82, 2.24) is 20.5 Å². The molecule has 1 unspecified atom stereocenters. The second-order valence-electron chi connectivity index (χ2n) is 8.23. The fraction of sp³-hybridized carbons (Fsp3) is 0.0690. The maximum Gasteiger partial charge on any atom is 0.253 e. The van der Waals surface area contributed by atoms with Gasteiger partial charge in [-0.1, -0.05) is 48.5 Å². The quantitative estimate of drug-likeness (QED) is 0.264.